The normalized spacial score (nSPS) is 15.2. The zero-order chi connectivity index (χ0) is 23.2. The number of unbranched alkanes of at least 4 members (excludes halogenated alkanes) is 7. The molecule has 0 rings (SSSR count). The van der Waals surface area contributed by atoms with Crippen molar-refractivity contribution in [1.82, 2.24) is 0 Å². The van der Waals surface area contributed by atoms with Gasteiger partial charge in [0.1, 0.15) is 0 Å². The molecule has 3 nitrogen and oxygen atoms in total. The fraction of sp³-hybridized carbons (Fsp3) is 1.00. The molecule has 0 aromatic rings. The number of rotatable bonds is 24. The molecule has 0 heterocycles. The Kier molecular flexibility index (Phi) is 27.6. The lowest BCUT2D eigenvalue weighted by Gasteiger charge is -2.20. The van der Waals surface area contributed by atoms with E-state index in [0.29, 0.717) is 26.8 Å². The van der Waals surface area contributed by atoms with Crippen LogP contribution >= 0.6 is 52.3 Å². The number of hydrogen-bond donors (Lipinski definition) is 0. The summed E-state index contributed by atoms with van der Waals surface area (Å²) in [5.74, 6) is 0. The smallest absolute Gasteiger partial charge is 0.0643 e. The molecule has 0 bridgehead atoms. The van der Waals surface area contributed by atoms with Crippen molar-refractivity contribution in [2.75, 3.05) is 0 Å². The standard InChI is InChI=1S/C22H52O3P6/c1-3-5-9-18-22(25-31(28)29)19-13-8-12-17-21(24-30-27)16-11-7-6-10-15-20(23-26)14-4-2/h20-22,30H,3-19,26-29H2,1-2H3. The molecule has 0 aromatic carbocycles. The summed E-state index contributed by atoms with van der Waals surface area (Å²) in [7, 11) is 10.9. The Bertz CT molecular complexity index is 366. The largest absolute Gasteiger partial charge is 0.362 e. The Labute approximate surface area is 206 Å². The topological polar surface area (TPSA) is 27.7 Å². The van der Waals surface area contributed by atoms with E-state index < -0.39 is 7.53 Å². The van der Waals surface area contributed by atoms with Gasteiger partial charge < -0.3 is 13.6 Å². The van der Waals surface area contributed by atoms with Crippen molar-refractivity contribution in [3.8, 4) is 0 Å². The summed E-state index contributed by atoms with van der Waals surface area (Å²) in [5, 5.41) is 0. The van der Waals surface area contributed by atoms with Crippen LogP contribution < -0.4 is 0 Å². The van der Waals surface area contributed by atoms with E-state index in [2.05, 4.69) is 50.1 Å². The van der Waals surface area contributed by atoms with Gasteiger partial charge in [-0.3, -0.25) is 0 Å². The van der Waals surface area contributed by atoms with Gasteiger partial charge >= 0.3 is 0 Å². The summed E-state index contributed by atoms with van der Waals surface area (Å²) in [5.41, 5.74) is 0. The van der Waals surface area contributed by atoms with E-state index in [-0.39, 0.29) is 0 Å². The summed E-state index contributed by atoms with van der Waals surface area (Å²) in [4.78, 5) is 0. The minimum absolute atomic E-state index is 0.415. The summed E-state index contributed by atoms with van der Waals surface area (Å²) in [6.45, 7) is 4.50. The van der Waals surface area contributed by atoms with Crippen LogP contribution in [0.25, 0.3) is 0 Å². The highest BCUT2D eigenvalue weighted by Crippen LogP contribution is 2.55. The molecule has 0 aliphatic heterocycles. The van der Waals surface area contributed by atoms with Gasteiger partial charge in [0.2, 0.25) is 0 Å². The Morgan fingerprint density at radius 3 is 1.58 bits per heavy atom. The second kappa shape index (κ2) is 25.5. The molecular formula is C22H52O3P6. The van der Waals surface area contributed by atoms with Gasteiger partial charge in [0, 0.05) is 18.0 Å². The Hall–Kier alpha value is 2.46. The first-order valence-electron chi connectivity index (χ1n) is 12.5. The van der Waals surface area contributed by atoms with Crippen molar-refractivity contribution in [3.05, 3.63) is 0 Å². The Morgan fingerprint density at radius 2 is 1.13 bits per heavy atom. The molecule has 0 N–H and O–H groups in total. The van der Waals surface area contributed by atoms with Gasteiger partial charge in [-0.25, -0.2) is 0 Å². The van der Waals surface area contributed by atoms with Crippen LogP contribution in [0.3, 0.4) is 0 Å². The average Bonchev–Trinajstić information content (AvgIpc) is 2.74. The molecule has 0 fully saturated rings. The van der Waals surface area contributed by atoms with Crippen molar-refractivity contribution in [1.29, 1.82) is 0 Å². The second-order valence-electron chi connectivity index (χ2n) is 8.62. The van der Waals surface area contributed by atoms with Gasteiger partial charge in [-0.05, 0) is 38.5 Å². The maximum atomic E-state index is 6.14. The minimum atomic E-state index is -0.415. The first kappa shape index (κ1) is 33.5. The lowest BCUT2D eigenvalue weighted by Crippen LogP contribution is -2.10. The lowest BCUT2D eigenvalue weighted by molar-refractivity contribution is 0.190. The molecule has 0 radical (unpaired) electrons. The molecule has 188 valence electrons. The van der Waals surface area contributed by atoms with Gasteiger partial charge in [0.15, 0.2) is 0 Å². The SMILES string of the molecule is CCCCCC(CCCCCC(CCCCCCC(CCC)OP)OPP)OP(P)P. The monoisotopic (exact) mass is 550 g/mol. The van der Waals surface area contributed by atoms with E-state index in [1.165, 1.54) is 109 Å². The second-order valence-corrected chi connectivity index (χ2v) is 15.8. The molecule has 0 saturated carbocycles. The first-order valence-corrected chi connectivity index (χ1v) is 20.2. The van der Waals surface area contributed by atoms with Crippen LogP contribution in [0.5, 0.6) is 0 Å². The molecular weight excluding hydrogens is 498 g/mol. The molecule has 0 spiro atoms. The van der Waals surface area contributed by atoms with Gasteiger partial charge in [-0.15, -0.1) is 0 Å². The van der Waals surface area contributed by atoms with Crippen molar-refractivity contribution >= 4 is 52.3 Å². The van der Waals surface area contributed by atoms with E-state index in [9.17, 15) is 0 Å². The van der Waals surface area contributed by atoms with Crippen molar-refractivity contribution in [2.45, 2.75) is 141 Å². The van der Waals surface area contributed by atoms with Gasteiger partial charge in [0.05, 0.1) is 25.8 Å². The molecule has 0 amide bonds. The van der Waals surface area contributed by atoms with Gasteiger partial charge in [-0.1, -0.05) is 111 Å². The molecule has 8 atom stereocenters. The van der Waals surface area contributed by atoms with Crippen LogP contribution in [0.15, 0.2) is 0 Å². The number of hydrogen-bond acceptors (Lipinski definition) is 3. The third kappa shape index (κ3) is 22.7. The molecule has 0 aromatic heterocycles. The van der Waals surface area contributed by atoms with Crippen LogP contribution in [0.1, 0.15) is 123 Å². The highest BCUT2D eigenvalue weighted by molar-refractivity contribution is 8.41. The fourth-order valence-electron chi connectivity index (χ4n) is 4.02. The molecule has 0 aliphatic carbocycles. The third-order valence-electron chi connectivity index (χ3n) is 5.79. The van der Waals surface area contributed by atoms with E-state index in [1.807, 2.05) is 0 Å². The summed E-state index contributed by atoms with van der Waals surface area (Å²) in [6.07, 6.45) is 22.7. The van der Waals surface area contributed by atoms with Crippen molar-refractivity contribution in [2.24, 2.45) is 0 Å². The van der Waals surface area contributed by atoms with Crippen LogP contribution in [0, 0.1) is 0 Å². The first-order chi connectivity index (χ1) is 15.1. The molecule has 9 heteroatoms. The molecule has 0 saturated heterocycles. The molecule has 8 unspecified atom stereocenters. The summed E-state index contributed by atoms with van der Waals surface area (Å²) >= 11 is 0. The maximum absolute atomic E-state index is 6.14. The zero-order valence-corrected chi connectivity index (χ0v) is 26.7. The van der Waals surface area contributed by atoms with Crippen LogP contribution in [-0.2, 0) is 13.6 Å². The highest BCUT2D eigenvalue weighted by atomic mass is 32.4. The lowest BCUT2D eigenvalue weighted by atomic mass is 10.0. The average molecular weight is 550 g/mol. The van der Waals surface area contributed by atoms with Gasteiger partial charge in [0.25, 0.3) is 0 Å². The summed E-state index contributed by atoms with van der Waals surface area (Å²) < 4.78 is 17.6. The van der Waals surface area contributed by atoms with Crippen LogP contribution in [0.2, 0.25) is 0 Å². The Morgan fingerprint density at radius 1 is 0.645 bits per heavy atom. The van der Waals surface area contributed by atoms with E-state index in [0.717, 1.165) is 0 Å². The highest BCUT2D eigenvalue weighted by Gasteiger charge is 2.12. The van der Waals surface area contributed by atoms with Crippen LogP contribution in [0.4, 0.5) is 0 Å². The summed E-state index contributed by atoms with van der Waals surface area (Å²) in [6, 6.07) is 0. The van der Waals surface area contributed by atoms with Gasteiger partial charge in [-0.2, -0.15) is 0 Å². The maximum Gasteiger partial charge on any atom is 0.0643 e. The zero-order valence-electron chi connectivity index (χ0n) is 20.2. The molecule has 31 heavy (non-hydrogen) atoms. The van der Waals surface area contributed by atoms with E-state index in [4.69, 9.17) is 13.6 Å². The third-order valence-corrected chi connectivity index (χ3v) is 8.33. The molecule has 0 aliphatic rings. The Balaban J connectivity index is 3.90. The quantitative estimate of drug-likeness (QED) is 0.0884. The van der Waals surface area contributed by atoms with E-state index >= 15 is 0 Å². The minimum Gasteiger partial charge on any atom is -0.362 e. The predicted molar refractivity (Wildman–Crippen MR) is 159 cm³/mol. The predicted octanol–water partition coefficient (Wildman–Crippen LogP) is 9.96. The van der Waals surface area contributed by atoms with Crippen molar-refractivity contribution < 1.29 is 13.6 Å². The van der Waals surface area contributed by atoms with Crippen LogP contribution in [-0.4, -0.2) is 18.3 Å². The fourth-order valence-corrected chi connectivity index (χ4v) is 6.89. The van der Waals surface area contributed by atoms with Crippen molar-refractivity contribution in [3.63, 3.8) is 0 Å². The van der Waals surface area contributed by atoms with E-state index in [1.54, 1.807) is 0 Å².